The number of aromatic nitrogens is 1. The summed E-state index contributed by atoms with van der Waals surface area (Å²) in [6.07, 6.45) is 3.38. The second-order valence-electron chi connectivity index (χ2n) is 13.4. The number of hydrogen-bond donors (Lipinski definition) is 7. The highest BCUT2D eigenvalue weighted by Crippen LogP contribution is 2.53. The fourth-order valence-electron chi connectivity index (χ4n) is 5.84. The number of halogens is 1. The summed E-state index contributed by atoms with van der Waals surface area (Å²) >= 11 is 6.52. The van der Waals surface area contributed by atoms with Gasteiger partial charge in [-0.1, -0.05) is 42.6 Å². The number of carbonyl (C=O) groups is 1. The molecule has 0 spiro atoms. The van der Waals surface area contributed by atoms with E-state index in [9.17, 15) is 33.6 Å². The first-order valence-corrected chi connectivity index (χ1v) is 19.5. The lowest BCUT2D eigenvalue weighted by Crippen LogP contribution is -2.49. The van der Waals surface area contributed by atoms with Gasteiger partial charge in [0, 0.05) is 48.1 Å². The fourth-order valence-corrected chi connectivity index (χ4v) is 7.14. The molecule has 4 atom stereocenters. The van der Waals surface area contributed by atoms with Gasteiger partial charge in [0.15, 0.2) is 0 Å². The Kier molecular flexibility index (Phi) is 14.0. The van der Waals surface area contributed by atoms with E-state index in [1.807, 2.05) is 36.5 Å². The lowest BCUT2D eigenvalue weighted by Gasteiger charge is -2.25. The third-order valence-corrected chi connectivity index (χ3v) is 11.1. The van der Waals surface area contributed by atoms with E-state index in [4.69, 9.17) is 26.2 Å². The minimum absolute atomic E-state index is 0.0796. The molecule has 7 N–H and O–H groups in total. The third kappa shape index (κ3) is 10.7. The number of rotatable bonds is 22. The Bertz CT molecular complexity index is 1750. The molecule has 15 heteroatoms. The van der Waals surface area contributed by atoms with Gasteiger partial charge in [-0.2, -0.15) is 0 Å². The summed E-state index contributed by atoms with van der Waals surface area (Å²) in [5.41, 5.74) is 2.90. The average molecular weight is 762 g/mol. The van der Waals surface area contributed by atoms with Crippen LogP contribution in [0.4, 0.5) is 0 Å². The summed E-state index contributed by atoms with van der Waals surface area (Å²) in [6.45, 7) is -0.820. The number of sulfonamides is 1. The van der Waals surface area contributed by atoms with E-state index < -0.39 is 46.6 Å². The van der Waals surface area contributed by atoms with Crippen LogP contribution in [-0.4, -0.2) is 95.1 Å². The number of nitrogens with zero attached hydrogens (tertiary/aromatic N) is 1. The van der Waals surface area contributed by atoms with Crippen molar-refractivity contribution in [1.29, 1.82) is 0 Å². The Morgan fingerprint density at radius 1 is 0.962 bits per heavy atom. The monoisotopic (exact) mass is 761 g/mol. The van der Waals surface area contributed by atoms with Crippen molar-refractivity contribution in [3.8, 4) is 16.9 Å². The van der Waals surface area contributed by atoms with Crippen molar-refractivity contribution in [2.45, 2.75) is 105 Å². The molecule has 2 fully saturated rings. The van der Waals surface area contributed by atoms with Gasteiger partial charge in [0.25, 0.3) is 0 Å². The van der Waals surface area contributed by atoms with Gasteiger partial charge in [-0.05, 0) is 80.0 Å². The summed E-state index contributed by atoms with van der Waals surface area (Å²) in [5, 5.41) is 50.5. The van der Waals surface area contributed by atoms with Crippen LogP contribution in [0.3, 0.4) is 0 Å². The molecule has 2 aromatic carbocycles. The molecule has 2 aliphatic carbocycles. The second kappa shape index (κ2) is 18.2. The Morgan fingerprint density at radius 2 is 1.69 bits per heavy atom. The lowest BCUT2D eigenvalue weighted by molar-refractivity contribution is -0.126. The summed E-state index contributed by atoms with van der Waals surface area (Å²) in [7, 11) is -3.83. The molecule has 0 bridgehead atoms. The molecule has 13 nitrogen and oxygen atoms in total. The van der Waals surface area contributed by atoms with E-state index in [0.29, 0.717) is 36.3 Å². The smallest absolute Gasteiger partial charge is 0.240 e. The number of benzene rings is 2. The van der Waals surface area contributed by atoms with Gasteiger partial charge in [0.05, 0.1) is 35.9 Å². The van der Waals surface area contributed by atoms with Crippen molar-refractivity contribution in [3.05, 3.63) is 77.1 Å². The number of carbonyl (C=O) groups excluding carboxylic acids is 1. The van der Waals surface area contributed by atoms with Crippen LogP contribution in [0, 0.1) is 0 Å². The normalized spacial score (nSPS) is 17.6. The van der Waals surface area contributed by atoms with Crippen LogP contribution in [0.5, 0.6) is 5.75 Å². The minimum Gasteiger partial charge on any atom is -0.490 e. The lowest BCUT2D eigenvalue weighted by atomic mass is 9.96. The van der Waals surface area contributed by atoms with Crippen LogP contribution in [0.25, 0.3) is 11.1 Å². The van der Waals surface area contributed by atoms with E-state index in [1.165, 1.54) is 12.1 Å². The maximum Gasteiger partial charge on any atom is 0.240 e. The highest BCUT2D eigenvalue weighted by Gasteiger charge is 2.48. The van der Waals surface area contributed by atoms with Gasteiger partial charge in [-0.25, -0.2) is 13.1 Å². The Hall–Kier alpha value is -3.18. The number of unbranched alkanes of at least 4 members (excludes halogenated alkanes) is 3. The molecule has 284 valence electrons. The molecule has 2 aliphatic rings. The quantitative estimate of drug-likeness (QED) is 0.0741. The fraction of sp³-hybridized carbons (Fsp3) is 0.514. The van der Waals surface area contributed by atoms with Crippen molar-refractivity contribution in [3.63, 3.8) is 0 Å². The zero-order valence-corrected chi connectivity index (χ0v) is 30.4. The molecular formula is C37H48ClN3O10S. The van der Waals surface area contributed by atoms with E-state index in [-0.39, 0.29) is 43.0 Å². The van der Waals surface area contributed by atoms with E-state index in [0.717, 1.165) is 48.1 Å². The number of ether oxygens (including phenoxy) is 2. The molecule has 4 unspecified atom stereocenters. The molecule has 1 aromatic heterocycles. The summed E-state index contributed by atoms with van der Waals surface area (Å²) in [5.74, 6) is 0.459. The van der Waals surface area contributed by atoms with E-state index in [1.54, 1.807) is 12.3 Å². The summed E-state index contributed by atoms with van der Waals surface area (Å²) in [4.78, 5) is 16.6. The van der Waals surface area contributed by atoms with Crippen LogP contribution in [0.15, 0.2) is 65.8 Å². The van der Waals surface area contributed by atoms with Gasteiger partial charge in [-0.3, -0.25) is 9.78 Å². The van der Waals surface area contributed by atoms with Gasteiger partial charge >= 0.3 is 0 Å². The van der Waals surface area contributed by atoms with Gasteiger partial charge in [0.2, 0.25) is 15.9 Å². The highest BCUT2D eigenvalue weighted by atomic mass is 35.5. The van der Waals surface area contributed by atoms with E-state index in [2.05, 4.69) is 15.0 Å². The van der Waals surface area contributed by atoms with Gasteiger partial charge < -0.3 is 40.3 Å². The van der Waals surface area contributed by atoms with Crippen LogP contribution in [0.1, 0.15) is 68.9 Å². The molecule has 1 amide bonds. The number of amides is 1. The SMILES string of the molecule is O=C(CCCCCCNS(=O)(=O)c1ccc(Cl)c(COC2(c3cnccc3-c3ccccc3OC3CC3)CC2)c1)NCC(O)C(O)C(O)C(O)CO. The molecular weight excluding hydrogens is 714 g/mol. The Morgan fingerprint density at radius 3 is 2.42 bits per heavy atom. The number of pyridine rings is 1. The molecule has 0 radical (unpaired) electrons. The first-order valence-electron chi connectivity index (χ1n) is 17.7. The number of para-hydroxylation sites is 1. The molecule has 0 aliphatic heterocycles. The van der Waals surface area contributed by atoms with Crippen molar-refractivity contribution in [2.75, 3.05) is 19.7 Å². The number of aliphatic hydroxyl groups is 5. The Balaban J connectivity index is 1.07. The number of aliphatic hydroxyl groups excluding tert-OH is 5. The molecule has 5 rings (SSSR count). The average Bonchev–Trinajstić information content (AvgIpc) is 4.10. The van der Waals surface area contributed by atoms with Crippen molar-refractivity contribution >= 4 is 27.5 Å². The summed E-state index contributed by atoms with van der Waals surface area (Å²) < 4.78 is 41.6. The first-order chi connectivity index (χ1) is 24.9. The van der Waals surface area contributed by atoms with Crippen molar-refractivity contribution in [2.24, 2.45) is 0 Å². The standard InChI is InChI=1S/C37H48ClN3O10S/c38-30-13-12-26(52(48,49)41-17-6-2-1-3-9-34(45)40-21-31(43)35(46)36(47)32(44)22-42)19-24(30)23-50-37(15-16-37)29-20-39-18-14-27(29)28-7-4-5-8-33(28)51-25-10-11-25/h4-5,7-8,12-14,18-20,25,31-32,35-36,41-44,46-47H,1-3,6,9-11,15-17,21-23H2,(H,40,45). The molecule has 1 heterocycles. The van der Waals surface area contributed by atoms with Gasteiger partial charge in [0.1, 0.15) is 24.1 Å². The zero-order chi connectivity index (χ0) is 37.3. The van der Waals surface area contributed by atoms with Crippen LogP contribution in [-0.2, 0) is 31.8 Å². The predicted molar refractivity (Wildman–Crippen MR) is 193 cm³/mol. The van der Waals surface area contributed by atoms with Crippen molar-refractivity contribution in [1.82, 2.24) is 15.0 Å². The molecule has 2 saturated carbocycles. The van der Waals surface area contributed by atoms with Crippen LogP contribution in [0.2, 0.25) is 5.02 Å². The third-order valence-electron chi connectivity index (χ3n) is 9.30. The molecule has 52 heavy (non-hydrogen) atoms. The zero-order valence-electron chi connectivity index (χ0n) is 28.9. The van der Waals surface area contributed by atoms with Gasteiger partial charge in [-0.15, -0.1) is 0 Å². The largest absolute Gasteiger partial charge is 0.490 e. The topological polar surface area (TPSA) is 208 Å². The van der Waals surface area contributed by atoms with Crippen LogP contribution < -0.4 is 14.8 Å². The highest BCUT2D eigenvalue weighted by molar-refractivity contribution is 7.89. The van der Waals surface area contributed by atoms with Crippen LogP contribution >= 0.6 is 11.6 Å². The first kappa shape index (κ1) is 40.0. The minimum atomic E-state index is -3.83. The maximum absolute atomic E-state index is 13.1. The molecule has 0 saturated heterocycles. The van der Waals surface area contributed by atoms with E-state index >= 15 is 0 Å². The number of nitrogens with one attached hydrogen (secondary N) is 2. The second-order valence-corrected chi connectivity index (χ2v) is 15.6. The van der Waals surface area contributed by atoms with Crippen molar-refractivity contribution < 1.29 is 48.2 Å². The molecule has 3 aromatic rings. The predicted octanol–water partition coefficient (Wildman–Crippen LogP) is 2.93. The number of hydrogen-bond acceptors (Lipinski definition) is 11. The Labute approximate surface area is 309 Å². The maximum atomic E-state index is 13.1. The summed E-state index contributed by atoms with van der Waals surface area (Å²) in [6, 6.07) is 14.5.